The number of unbranched alkanes of at least 4 members (excludes halogenated alkanes) is 16. The number of ether oxygens (including phenoxy) is 6. The van der Waals surface area contributed by atoms with E-state index in [0.717, 1.165) is 206 Å². The minimum atomic E-state index is -0.243. The van der Waals surface area contributed by atoms with Crippen LogP contribution < -0.4 is 0 Å². The van der Waals surface area contributed by atoms with Crippen LogP contribution in [0.4, 0.5) is 0 Å². The van der Waals surface area contributed by atoms with Crippen LogP contribution in [0.25, 0.3) is 0 Å². The van der Waals surface area contributed by atoms with E-state index in [2.05, 4.69) is 81.2 Å². The van der Waals surface area contributed by atoms with Crippen molar-refractivity contribution in [3.05, 3.63) is 48.6 Å². The zero-order valence-corrected chi connectivity index (χ0v) is 44.6. The van der Waals surface area contributed by atoms with Crippen LogP contribution in [0.2, 0.25) is 0 Å². The first-order chi connectivity index (χ1) is 33.5. The van der Waals surface area contributed by atoms with E-state index in [4.69, 9.17) is 28.4 Å². The predicted octanol–water partition coefficient (Wildman–Crippen LogP) is 14.9. The highest BCUT2D eigenvalue weighted by molar-refractivity contribution is 5.69. The topological polar surface area (TPSA) is 113 Å². The van der Waals surface area contributed by atoms with Crippen LogP contribution in [0, 0.1) is 0 Å². The smallest absolute Gasteiger partial charge is 0.305 e. The first-order valence-corrected chi connectivity index (χ1v) is 28.2. The fraction of sp³-hybridized carbons (Fsp3) is 0.828. The molecule has 0 saturated heterocycles. The van der Waals surface area contributed by atoms with Gasteiger partial charge in [0.25, 0.3) is 0 Å². The van der Waals surface area contributed by atoms with Gasteiger partial charge in [-0.2, -0.15) is 0 Å². The Morgan fingerprint density at radius 1 is 0.382 bits per heavy atom. The first-order valence-electron chi connectivity index (χ1n) is 28.2. The van der Waals surface area contributed by atoms with Gasteiger partial charge in [-0.3, -0.25) is 9.59 Å². The van der Waals surface area contributed by atoms with Crippen LogP contribution >= 0.6 is 0 Å². The highest BCUT2D eigenvalue weighted by Crippen LogP contribution is 2.14. The van der Waals surface area contributed by atoms with Crippen molar-refractivity contribution in [2.45, 2.75) is 246 Å². The summed E-state index contributed by atoms with van der Waals surface area (Å²) in [6.45, 7) is 15.1. The molecule has 0 atom stereocenters. The molecule has 0 saturated carbocycles. The van der Waals surface area contributed by atoms with E-state index in [1.54, 1.807) is 0 Å². The summed E-state index contributed by atoms with van der Waals surface area (Å²) in [7, 11) is 0. The number of aliphatic hydroxyl groups excluding tert-OH is 1. The number of hydrogen-bond acceptors (Lipinski definition) is 10. The van der Waals surface area contributed by atoms with E-state index in [0.29, 0.717) is 59.0 Å². The van der Waals surface area contributed by atoms with Crippen LogP contribution in [-0.4, -0.2) is 100 Å². The summed E-state index contributed by atoms with van der Waals surface area (Å²) in [6.07, 6.45) is 48.8. The van der Waals surface area contributed by atoms with Crippen LogP contribution in [0.3, 0.4) is 0 Å². The highest BCUT2D eigenvalue weighted by atomic mass is 16.7. The fourth-order valence-electron chi connectivity index (χ4n) is 7.65. The highest BCUT2D eigenvalue weighted by Gasteiger charge is 2.13. The summed E-state index contributed by atoms with van der Waals surface area (Å²) < 4.78 is 35.5. The van der Waals surface area contributed by atoms with Gasteiger partial charge < -0.3 is 38.4 Å². The van der Waals surface area contributed by atoms with Crippen molar-refractivity contribution >= 4 is 11.9 Å². The second kappa shape index (κ2) is 55.6. The lowest BCUT2D eigenvalue weighted by atomic mass is 10.1. The van der Waals surface area contributed by atoms with Crippen molar-refractivity contribution < 1.29 is 43.1 Å². The Bertz CT molecular complexity index is 1040. The number of hydrogen-bond donors (Lipinski definition) is 1. The molecule has 0 spiro atoms. The zero-order valence-electron chi connectivity index (χ0n) is 44.6. The zero-order chi connectivity index (χ0) is 49.5. The largest absolute Gasteiger partial charge is 0.466 e. The Kier molecular flexibility index (Phi) is 53.7. The lowest BCUT2D eigenvalue weighted by Crippen LogP contribution is -2.29. The van der Waals surface area contributed by atoms with Gasteiger partial charge in [-0.1, -0.05) is 115 Å². The molecule has 0 rings (SSSR count). The molecule has 0 bridgehead atoms. The number of carbonyl (C=O) groups excluding carboxylic acids is 2. The molecular formula is C58H107NO9. The number of allylic oxidation sites excluding steroid dienone is 8. The molecule has 0 aliphatic carbocycles. The third-order valence-electron chi connectivity index (χ3n) is 11.7. The van der Waals surface area contributed by atoms with Crippen molar-refractivity contribution in [3.8, 4) is 0 Å². The summed E-state index contributed by atoms with van der Waals surface area (Å²) in [6, 6.07) is 0. The van der Waals surface area contributed by atoms with Crippen molar-refractivity contribution in [2.75, 3.05) is 65.9 Å². The quantitative estimate of drug-likeness (QED) is 0.0274. The number of carbonyl (C=O) groups is 2. The van der Waals surface area contributed by atoms with Crippen molar-refractivity contribution in [3.63, 3.8) is 0 Å². The SMILES string of the molecule is CC/C=C\CCCCOC(CCCOC(=O)CCCCCCCN(CCO)CCCCCCCC(=O)OCCCC(OCCCC/C=C\CC)OCCCC/C=C\CC)OCCCC/C=C\CC. The molecule has 10 nitrogen and oxygen atoms in total. The Morgan fingerprint density at radius 3 is 1.03 bits per heavy atom. The molecule has 0 amide bonds. The second-order valence-corrected chi connectivity index (χ2v) is 18.2. The third kappa shape index (κ3) is 50.1. The molecule has 0 aromatic heterocycles. The van der Waals surface area contributed by atoms with Gasteiger partial charge in [0.15, 0.2) is 12.6 Å². The van der Waals surface area contributed by atoms with E-state index < -0.39 is 0 Å². The number of aliphatic hydroxyl groups is 1. The van der Waals surface area contributed by atoms with Gasteiger partial charge in [0.2, 0.25) is 0 Å². The summed E-state index contributed by atoms with van der Waals surface area (Å²) >= 11 is 0. The molecule has 0 aliphatic rings. The molecule has 10 heteroatoms. The molecule has 68 heavy (non-hydrogen) atoms. The first kappa shape index (κ1) is 65.7. The lowest BCUT2D eigenvalue weighted by Gasteiger charge is -2.21. The molecule has 0 radical (unpaired) electrons. The number of nitrogens with zero attached hydrogens (tertiary/aromatic N) is 1. The van der Waals surface area contributed by atoms with Crippen LogP contribution in [0.15, 0.2) is 48.6 Å². The molecule has 398 valence electrons. The standard InChI is InChI=1S/C58H107NO9/c1-5-9-13-17-27-35-49-65-57(66-50-36-28-18-14-10-6-2)43-39-53-63-55(61)41-31-23-21-25-33-45-59(47-48-60)46-34-26-22-24-32-42-56(62)64-54-40-44-58(67-51-37-29-19-15-11-7-3)68-52-38-30-20-16-12-8-4/h9-16,57-58,60H,5-8,17-54H2,1-4H3/b13-9-,14-10-,15-11-,16-12-. The molecule has 1 N–H and O–H groups in total. The van der Waals surface area contributed by atoms with Gasteiger partial charge in [-0.15, -0.1) is 0 Å². The molecule has 0 aromatic rings. The maximum absolute atomic E-state index is 12.4. The van der Waals surface area contributed by atoms with E-state index in [9.17, 15) is 14.7 Å². The minimum absolute atomic E-state index is 0.112. The van der Waals surface area contributed by atoms with Gasteiger partial charge >= 0.3 is 11.9 Å². The average molecular weight is 962 g/mol. The van der Waals surface area contributed by atoms with E-state index >= 15 is 0 Å². The predicted molar refractivity (Wildman–Crippen MR) is 284 cm³/mol. The molecule has 0 unspecified atom stereocenters. The van der Waals surface area contributed by atoms with Crippen LogP contribution in [-0.2, 0) is 38.0 Å². The third-order valence-corrected chi connectivity index (χ3v) is 11.7. The van der Waals surface area contributed by atoms with Gasteiger partial charge in [0, 0.05) is 58.7 Å². The summed E-state index contributed by atoms with van der Waals surface area (Å²) in [5, 5.41) is 9.63. The van der Waals surface area contributed by atoms with Gasteiger partial charge in [0.1, 0.15) is 0 Å². The number of esters is 2. The summed E-state index contributed by atoms with van der Waals surface area (Å²) in [4.78, 5) is 27.2. The normalized spacial score (nSPS) is 12.2. The van der Waals surface area contributed by atoms with E-state index in [1.807, 2.05) is 0 Å². The second-order valence-electron chi connectivity index (χ2n) is 18.2. The van der Waals surface area contributed by atoms with Crippen molar-refractivity contribution in [2.24, 2.45) is 0 Å². The van der Waals surface area contributed by atoms with Crippen LogP contribution in [0.1, 0.15) is 233 Å². The average Bonchev–Trinajstić information content (AvgIpc) is 3.34. The molecular weight excluding hydrogens is 855 g/mol. The Morgan fingerprint density at radius 2 is 0.706 bits per heavy atom. The Labute approximate surface area is 418 Å². The monoisotopic (exact) mass is 962 g/mol. The van der Waals surface area contributed by atoms with Gasteiger partial charge in [0.05, 0.1) is 19.8 Å². The van der Waals surface area contributed by atoms with E-state index in [-0.39, 0.29) is 31.1 Å². The van der Waals surface area contributed by atoms with Gasteiger partial charge in [-0.05, 0) is 154 Å². The number of rotatable bonds is 54. The molecule has 0 fully saturated rings. The van der Waals surface area contributed by atoms with Crippen LogP contribution in [0.5, 0.6) is 0 Å². The van der Waals surface area contributed by atoms with E-state index in [1.165, 1.54) is 0 Å². The molecule has 0 aliphatic heterocycles. The fourth-order valence-corrected chi connectivity index (χ4v) is 7.65. The maximum atomic E-state index is 12.4. The molecule has 0 heterocycles. The Hall–Kier alpha value is -2.34. The van der Waals surface area contributed by atoms with Crippen molar-refractivity contribution in [1.82, 2.24) is 4.90 Å². The minimum Gasteiger partial charge on any atom is -0.466 e. The molecule has 0 aromatic carbocycles. The Balaban J connectivity index is 4.12. The van der Waals surface area contributed by atoms with Gasteiger partial charge in [-0.25, -0.2) is 0 Å². The summed E-state index contributed by atoms with van der Waals surface area (Å²) in [5.41, 5.74) is 0. The summed E-state index contributed by atoms with van der Waals surface area (Å²) in [5.74, 6) is -0.224. The van der Waals surface area contributed by atoms with Crippen molar-refractivity contribution in [1.29, 1.82) is 0 Å². The maximum Gasteiger partial charge on any atom is 0.305 e. The lowest BCUT2D eigenvalue weighted by molar-refractivity contribution is -0.153.